The molecule has 104 valence electrons. The number of pyridine rings is 1. The summed E-state index contributed by atoms with van der Waals surface area (Å²) in [5, 5.41) is 10.9. The van der Waals surface area contributed by atoms with Crippen LogP contribution in [0.2, 0.25) is 0 Å². The van der Waals surface area contributed by atoms with E-state index in [4.69, 9.17) is 5.84 Å². The molecule has 0 aromatic carbocycles. The van der Waals surface area contributed by atoms with Gasteiger partial charge in [-0.05, 0) is 18.8 Å². The summed E-state index contributed by atoms with van der Waals surface area (Å²) in [6, 6.07) is 2.81. The van der Waals surface area contributed by atoms with Crippen LogP contribution in [0.5, 0.6) is 0 Å². The molecular formula is C12H19N5O2. The van der Waals surface area contributed by atoms with Crippen LogP contribution in [0, 0.1) is 16.0 Å². The molecule has 0 spiro atoms. The lowest BCUT2D eigenvalue weighted by molar-refractivity contribution is -0.384. The van der Waals surface area contributed by atoms with Crippen molar-refractivity contribution >= 4 is 17.3 Å². The predicted octanol–water partition coefficient (Wildman–Crippen LogP) is 1.90. The molecule has 1 aliphatic carbocycles. The lowest BCUT2D eigenvalue weighted by Crippen LogP contribution is -2.25. The molecule has 1 aliphatic rings. The van der Waals surface area contributed by atoms with E-state index >= 15 is 0 Å². The Bertz CT molecular complexity index is 459. The van der Waals surface area contributed by atoms with Crippen LogP contribution in [0.4, 0.5) is 17.3 Å². The summed E-state index contributed by atoms with van der Waals surface area (Å²) < 4.78 is 0. The number of nitrogens with one attached hydrogen (secondary N) is 1. The highest BCUT2D eigenvalue weighted by atomic mass is 16.6. The molecular weight excluding hydrogens is 246 g/mol. The summed E-state index contributed by atoms with van der Waals surface area (Å²) in [5.41, 5.74) is 2.37. The van der Waals surface area contributed by atoms with Gasteiger partial charge in [-0.15, -0.1) is 0 Å². The van der Waals surface area contributed by atoms with Gasteiger partial charge >= 0.3 is 0 Å². The van der Waals surface area contributed by atoms with E-state index in [0.29, 0.717) is 17.6 Å². The summed E-state index contributed by atoms with van der Waals surface area (Å²) in [6.07, 6.45) is 5.00. The van der Waals surface area contributed by atoms with Crippen molar-refractivity contribution in [3.63, 3.8) is 0 Å². The molecule has 1 saturated carbocycles. The Morgan fingerprint density at radius 1 is 1.53 bits per heavy atom. The van der Waals surface area contributed by atoms with Gasteiger partial charge in [-0.2, -0.15) is 0 Å². The van der Waals surface area contributed by atoms with Gasteiger partial charge in [0.25, 0.3) is 5.69 Å². The average Bonchev–Trinajstić information content (AvgIpc) is 2.90. The molecule has 19 heavy (non-hydrogen) atoms. The maximum absolute atomic E-state index is 10.9. The second-order valence-corrected chi connectivity index (χ2v) is 5.00. The van der Waals surface area contributed by atoms with Gasteiger partial charge < -0.3 is 10.3 Å². The Morgan fingerprint density at radius 3 is 2.79 bits per heavy atom. The number of nitrogens with zero attached hydrogens (tertiary/aromatic N) is 3. The molecule has 7 nitrogen and oxygen atoms in total. The van der Waals surface area contributed by atoms with Gasteiger partial charge in [0.1, 0.15) is 11.6 Å². The van der Waals surface area contributed by atoms with Gasteiger partial charge in [-0.3, -0.25) is 10.1 Å². The Morgan fingerprint density at radius 2 is 2.21 bits per heavy atom. The van der Waals surface area contributed by atoms with Gasteiger partial charge in [-0.1, -0.05) is 12.8 Å². The zero-order valence-corrected chi connectivity index (χ0v) is 11.0. The minimum atomic E-state index is -0.435. The predicted molar refractivity (Wildman–Crippen MR) is 73.9 cm³/mol. The third-order valence-corrected chi connectivity index (χ3v) is 3.55. The van der Waals surface area contributed by atoms with Crippen LogP contribution in [0.1, 0.15) is 25.7 Å². The quantitative estimate of drug-likeness (QED) is 0.479. The molecule has 1 heterocycles. The number of nitro groups is 1. The fourth-order valence-electron chi connectivity index (χ4n) is 2.55. The zero-order valence-electron chi connectivity index (χ0n) is 11.0. The largest absolute Gasteiger partial charge is 0.359 e. The van der Waals surface area contributed by atoms with Crippen molar-refractivity contribution in [1.29, 1.82) is 0 Å². The normalized spacial score (nSPS) is 15.5. The number of rotatable bonds is 5. The molecule has 1 fully saturated rings. The minimum Gasteiger partial charge on any atom is -0.359 e. The Hall–Kier alpha value is -1.89. The van der Waals surface area contributed by atoms with Gasteiger partial charge in [0.15, 0.2) is 0 Å². The van der Waals surface area contributed by atoms with E-state index in [1.54, 1.807) is 0 Å². The number of hydrogen-bond acceptors (Lipinski definition) is 6. The molecule has 0 bridgehead atoms. The van der Waals surface area contributed by atoms with Crippen LogP contribution in [0.3, 0.4) is 0 Å². The van der Waals surface area contributed by atoms with Gasteiger partial charge in [0.05, 0.1) is 17.1 Å². The standard InChI is InChI=1S/C12H19N5O2/c1-16(8-9-4-2-3-5-9)12-7-10(17(18)19)6-11(14-12)15-13/h6-7,9H,2-5,8,13H2,1H3,(H,14,15). The van der Waals surface area contributed by atoms with Crippen LogP contribution in [0.15, 0.2) is 12.1 Å². The molecule has 0 amide bonds. The van der Waals surface area contributed by atoms with Crippen LogP contribution in [-0.2, 0) is 0 Å². The second kappa shape index (κ2) is 5.83. The first-order valence-corrected chi connectivity index (χ1v) is 6.44. The molecule has 0 unspecified atom stereocenters. The molecule has 2 rings (SSSR count). The van der Waals surface area contributed by atoms with Gasteiger partial charge in [0.2, 0.25) is 0 Å². The van der Waals surface area contributed by atoms with Gasteiger partial charge in [0, 0.05) is 13.6 Å². The SMILES string of the molecule is CN(CC1CCCC1)c1cc([N+](=O)[O-])cc(NN)n1. The number of hydrazine groups is 1. The maximum atomic E-state index is 10.9. The van der Waals surface area contributed by atoms with Crippen molar-refractivity contribution in [3.8, 4) is 0 Å². The Labute approximate surface area is 111 Å². The van der Waals surface area contributed by atoms with E-state index in [-0.39, 0.29) is 5.69 Å². The number of hydrogen-bond donors (Lipinski definition) is 2. The van der Waals surface area contributed by atoms with Crippen LogP contribution in [0.25, 0.3) is 0 Å². The Kier molecular flexibility index (Phi) is 4.16. The fourth-order valence-corrected chi connectivity index (χ4v) is 2.55. The van der Waals surface area contributed by atoms with Crippen LogP contribution in [-0.4, -0.2) is 23.5 Å². The highest BCUT2D eigenvalue weighted by molar-refractivity contribution is 5.55. The molecule has 1 aromatic rings. The highest BCUT2D eigenvalue weighted by Crippen LogP contribution is 2.28. The highest BCUT2D eigenvalue weighted by Gasteiger charge is 2.19. The van der Waals surface area contributed by atoms with E-state index < -0.39 is 4.92 Å². The lowest BCUT2D eigenvalue weighted by Gasteiger charge is -2.22. The summed E-state index contributed by atoms with van der Waals surface area (Å²) >= 11 is 0. The summed E-state index contributed by atoms with van der Waals surface area (Å²) in [7, 11) is 1.91. The first-order chi connectivity index (χ1) is 9.10. The zero-order chi connectivity index (χ0) is 13.8. The molecule has 3 N–H and O–H groups in total. The van der Waals surface area contributed by atoms with Crippen molar-refractivity contribution in [2.45, 2.75) is 25.7 Å². The Balaban J connectivity index is 2.17. The van der Waals surface area contributed by atoms with Gasteiger partial charge in [-0.25, -0.2) is 10.8 Å². The third kappa shape index (κ3) is 3.31. The van der Waals surface area contributed by atoms with Crippen molar-refractivity contribution in [2.75, 3.05) is 23.9 Å². The van der Waals surface area contributed by atoms with Crippen LogP contribution < -0.4 is 16.2 Å². The van der Waals surface area contributed by atoms with E-state index in [9.17, 15) is 10.1 Å². The first kappa shape index (κ1) is 13.5. The summed E-state index contributed by atoms with van der Waals surface area (Å²) in [5.74, 6) is 6.84. The van der Waals surface area contributed by atoms with E-state index in [0.717, 1.165) is 6.54 Å². The molecule has 1 aromatic heterocycles. The molecule has 7 heteroatoms. The second-order valence-electron chi connectivity index (χ2n) is 5.00. The molecule has 0 atom stereocenters. The number of nitrogen functional groups attached to an aromatic ring is 1. The number of nitrogens with two attached hydrogens (primary N) is 1. The maximum Gasteiger partial charge on any atom is 0.276 e. The lowest BCUT2D eigenvalue weighted by atomic mass is 10.1. The van der Waals surface area contributed by atoms with Crippen molar-refractivity contribution < 1.29 is 4.92 Å². The smallest absolute Gasteiger partial charge is 0.276 e. The summed E-state index contributed by atoms with van der Waals surface area (Å²) in [4.78, 5) is 16.7. The van der Waals surface area contributed by atoms with Crippen molar-refractivity contribution in [2.24, 2.45) is 11.8 Å². The monoisotopic (exact) mass is 265 g/mol. The molecule has 0 aliphatic heterocycles. The third-order valence-electron chi connectivity index (χ3n) is 3.55. The number of aromatic nitrogens is 1. The summed E-state index contributed by atoms with van der Waals surface area (Å²) in [6.45, 7) is 0.873. The van der Waals surface area contributed by atoms with Crippen molar-refractivity contribution in [1.82, 2.24) is 4.98 Å². The van der Waals surface area contributed by atoms with E-state index in [1.807, 2.05) is 11.9 Å². The first-order valence-electron chi connectivity index (χ1n) is 6.44. The van der Waals surface area contributed by atoms with E-state index in [2.05, 4.69) is 10.4 Å². The fraction of sp³-hybridized carbons (Fsp3) is 0.583. The van der Waals surface area contributed by atoms with Crippen molar-refractivity contribution in [3.05, 3.63) is 22.2 Å². The average molecular weight is 265 g/mol. The van der Waals surface area contributed by atoms with E-state index in [1.165, 1.54) is 37.8 Å². The number of anilines is 2. The minimum absolute atomic E-state index is 0.00350. The molecule has 0 radical (unpaired) electrons. The van der Waals surface area contributed by atoms with Crippen LogP contribution >= 0.6 is 0 Å². The topological polar surface area (TPSA) is 97.3 Å². The molecule has 0 saturated heterocycles.